The minimum absolute atomic E-state index is 0.636. The summed E-state index contributed by atoms with van der Waals surface area (Å²) in [5.74, 6) is 2.30. The van der Waals surface area contributed by atoms with E-state index >= 15 is 0 Å². The van der Waals surface area contributed by atoms with Gasteiger partial charge in [-0.25, -0.2) is 24.0 Å². The van der Waals surface area contributed by atoms with Crippen LogP contribution in [0, 0.1) is 5.92 Å². The molecule has 2 aromatic heterocycles. The predicted octanol–water partition coefficient (Wildman–Crippen LogP) is 1.27. The zero-order valence-corrected chi connectivity index (χ0v) is 14.3. The van der Waals surface area contributed by atoms with Gasteiger partial charge in [0.25, 0.3) is 0 Å². The molecule has 128 valence electrons. The van der Waals surface area contributed by atoms with E-state index in [9.17, 15) is 4.21 Å². The number of nitrogens with two attached hydrogens (primary N) is 1. The number of hydrogen-bond donors (Lipinski definition) is 2. The number of aromatic nitrogens is 3. The van der Waals surface area contributed by atoms with Crippen molar-refractivity contribution in [1.82, 2.24) is 19.7 Å². The summed E-state index contributed by atoms with van der Waals surface area (Å²) in [6.45, 7) is 2.65. The van der Waals surface area contributed by atoms with E-state index in [4.69, 9.17) is 5.14 Å². The lowest BCUT2D eigenvalue weighted by atomic mass is 9.94. The number of nitrogens with zero attached hydrogens (tertiary/aromatic N) is 4. The maximum absolute atomic E-state index is 10.8. The lowest BCUT2D eigenvalue weighted by molar-refractivity contribution is 0.381. The van der Waals surface area contributed by atoms with Gasteiger partial charge in [-0.3, -0.25) is 4.98 Å². The lowest BCUT2D eigenvalue weighted by Gasteiger charge is -2.32. The normalized spacial score (nSPS) is 17.0. The van der Waals surface area contributed by atoms with Crippen molar-refractivity contribution >= 4 is 17.0 Å². The van der Waals surface area contributed by atoms with Crippen LogP contribution in [0.4, 0.5) is 5.82 Å². The van der Waals surface area contributed by atoms with Crippen LogP contribution in [-0.2, 0) is 11.2 Å². The fourth-order valence-electron chi connectivity index (χ4n) is 2.97. The highest BCUT2D eigenvalue weighted by atomic mass is 32.2. The van der Waals surface area contributed by atoms with E-state index in [-0.39, 0.29) is 0 Å². The van der Waals surface area contributed by atoms with Crippen LogP contribution >= 0.6 is 0 Å². The van der Waals surface area contributed by atoms with E-state index in [0.29, 0.717) is 18.3 Å². The molecule has 7 nitrogen and oxygen atoms in total. The van der Waals surface area contributed by atoms with E-state index in [1.165, 1.54) is 0 Å². The monoisotopic (exact) mass is 346 g/mol. The average molecular weight is 346 g/mol. The van der Waals surface area contributed by atoms with Gasteiger partial charge in [0.2, 0.25) is 0 Å². The van der Waals surface area contributed by atoms with Crippen LogP contribution in [0.2, 0.25) is 0 Å². The Morgan fingerprint density at radius 3 is 2.83 bits per heavy atom. The molecule has 24 heavy (non-hydrogen) atoms. The molecule has 1 aliphatic rings. The van der Waals surface area contributed by atoms with E-state index < -0.39 is 11.2 Å². The van der Waals surface area contributed by atoms with Gasteiger partial charge in [-0.2, -0.15) is 0 Å². The van der Waals surface area contributed by atoms with E-state index in [1.807, 2.05) is 18.2 Å². The van der Waals surface area contributed by atoms with Gasteiger partial charge in [0.15, 0.2) is 17.0 Å². The van der Waals surface area contributed by atoms with Gasteiger partial charge in [-0.05, 0) is 43.4 Å². The molecule has 0 bridgehead atoms. The molecular formula is C16H22N6OS. The molecule has 0 aliphatic carbocycles. The summed E-state index contributed by atoms with van der Waals surface area (Å²) in [5.41, 5.74) is 0.926. The van der Waals surface area contributed by atoms with Crippen LogP contribution in [-0.4, -0.2) is 38.8 Å². The van der Waals surface area contributed by atoms with E-state index in [1.54, 1.807) is 18.6 Å². The Balaban J connectivity index is 1.58. The third-order valence-corrected chi connectivity index (χ3v) is 4.78. The minimum atomic E-state index is -1.41. The van der Waals surface area contributed by atoms with Gasteiger partial charge >= 0.3 is 0 Å². The summed E-state index contributed by atoms with van der Waals surface area (Å²) >= 11 is -1.41. The van der Waals surface area contributed by atoms with Crippen LogP contribution in [0.25, 0.3) is 11.4 Å². The summed E-state index contributed by atoms with van der Waals surface area (Å²) < 4.78 is 13.6. The molecule has 0 saturated carbocycles. The molecule has 3 N–H and O–H groups in total. The Morgan fingerprint density at radius 2 is 2.12 bits per heavy atom. The van der Waals surface area contributed by atoms with Crippen molar-refractivity contribution in [2.45, 2.75) is 19.3 Å². The molecule has 0 spiro atoms. The minimum Gasteiger partial charge on any atom is -0.356 e. The van der Waals surface area contributed by atoms with Gasteiger partial charge in [0.1, 0.15) is 5.82 Å². The third-order valence-electron chi connectivity index (χ3n) is 4.30. The molecule has 2 aromatic rings. The first-order chi connectivity index (χ1) is 11.7. The second-order valence-corrected chi connectivity index (χ2v) is 6.77. The number of piperidine rings is 1. The van der Waals surface area contributed by atoms with Gasteiger partial charge < -0.3 is 4.90 Å². The zero-order valence-electron chi connectivity index (χ0n) is 13.5. The van der Waals surface area contributed by atoms with Gasteiger partial charge in [0, 0.05) is 43.8 Å². The highest BCUT2D eigenvalue weighted by Gasteiger charge is 2.20. The molecule has 0 radical (unpaired) electrons. The first-order valence-corrected chi connectivity index (χ1v) is 9.32. The second-order valence-electron chi connectivity index (χ2n) is 5.89. The summed E-state index contributed by atoms with van der Waals surface area (Å²) in [7, 11) is 0. The van der Waals surface area contributed by atoms with Crippen molar-refractivity contribution in [3.05, 3.63) is 36.8 Å². The molecule has 1 atom stereocenters. The van der Waals surface area contributed by atoms with E-state index in [0.717, 1.165) is 43.7 Å². The van der Waals surface area contributed by atoms with Crippen LogP contribution in [0.15, 0.2) is 36.8 Å². The van der Waals surface area contributed by atoms with Crippen molar-refractivity contribution in [2.75, 3.05) is 24.5 Å². The molecule has 8 heteroatoms. The maximum Gasteiger partial charge on any atom is 0.164 e. The number of rotatable bonds is 6. The summed E-state index contributed by atoms with van der Waals surface area (Å²) in [6.07, 6.45) is 8.53. The smallest absolute Gasteiger partial charge is 0.164 e. The molecule has 3 rings (SSSR count). The third kappa shape index (κ3) is 4.56. The molecule has 1 saturated heterocycles. The zero-order chi connectivity index (χ0) is 16.8. The number of pyridine rings is 1. The highest BCUT2D eigenvalue weighted by molar-refractivity contribution is 7.80. The summed E-state index contributed by atoms with van der Waals surface area (Å²) in [6, 6.07) is 5.81. The second kappa shape index (κ2) is 8.27. The maximum atomic E-state index is 10.8. The first kappa shape index (κ1) is 16.9. The van der Waals surface area contributed by atoms with Crippen LogP contribution < -0.4 is 14.8 Å². The van der Waals surface area contributed by atoms with Crippen molar-refractivity contribution in [3.63, 3.8) is 0 Å². The molecule has 3 heterocycles. The topological polar surface area (TPSA) is 97.0 Å². The summed E-state index contributed by atoms with van der Waals surface area (Å²) in [5, 5.41) is 5.20. The van der Waals surface area contributed by atoms with Crippen molar-refractivity contribution in [3.8, 4) is 11.4 Å². The largest absolute Gasteiger partial charge is 0.356 e. The fraction of sp³-hybridized carbons (Fsp3) is 0.438. The van der Waals surface area contributed by atoms with Crippen LogP contribution in [0.5, 0.6) is 0 Å². The van der Waals surface area contributed by atoms with E-state index in [2.05, 4.69) is 24.6 Å². The van der Waals surface area contributed by atoms with Gasteiger partial charge in [-0.1, -0.05) is 0 Å². The molecule has 0 amide bonds. The Labute approximate surface area is 144 Å². The lowest BCUT2D eigenvalue weighted by Crippen LogP contribution is -2.35. The first-order valence-electron chi connectivity index (χ1n) is 8.10. The van der Waals surface area contributed by atoms with Crippen molar-refractivity contribution < 1.29 is 4.21 Å². The number of anilines is 1. The Bertz CT molecular complexity index is 675. The quantitative estimate of drug-likeness (QED) is 0.821. The molecular weight excluding hydrogens is 324 g/mol. The molecule has 1 unspecified atom stereocenters. The van der Waals surface area contributed by atoms with Crippen molar-refractivity contribution in [1.29, 1.82) is 0 Å². The number of hydrogen-bond acceptors (Lipinski definition) is 5. The Hall–Kier alpha value is -1.90. The van der Waals surface area contributed by atoms with Gasteiger partial charge in [0.05, 0.1) is 0 Å². The van der Waals surface area contributed by atoms with Crippen LogP contribution in [0.1, 0.15) is 19.3 Å². The Morgan fingerprint density at radius 1 is 1.29 bits per heavy atom. The van der Waals surface area contributed by atoms with Crippen LogP contribution in [0.3, 0.4) is 0 Å². The van der Waals surface area contributed by atoms with Gasteiger partial charge in [-0.15, -0.1) is 0 Å². The predicted molar refractivity (Wildman–Crippen MR) is 95.1 cm³/mol. The fourth-order valence-corrected chi connectivity index (χ4v) is 3.29. The molecule has 1 fully saturated rings. The SMILES string of the molecule is NS(=O)NCCC1CCN(c2ccnc(-c3cccnc3)n2)CC1. The summed E-state index contributed by atoms with van der Waals surface area (Å²) in [4.78, 5) is 15.5. The molecule has 1 aliphatic heterocycles. The molecule has 0 aromatic carbocycles. The standard InChI is InChI=1S/C16H22N6OS/c17-24(23)20-9-3-13-5-10-22(11-6-13)15-4-8-19-16(21-15)14-2-1-7-18-12-14/h1-2,4,7-8,12-13,20H,3,5-6,9-11,17H2. The Kier molecular flexibility index (Phi) is 5.84. The number of nitrogens with one attached hydrogen (secondary N) is 1. The van der Waals surface area contributed by atoms with Crippen molar-refractivity contribution in [2.24, 2.45) is 11.1 Å². The highest BCUT2D eigenvalue weighted by Crippen LogP contribution is 2.25. The average Bonchev–Trinajstić information content (AvgIpc) is 2.63.